The second-order valence-electron chi connectivity index (χ2n) is 3.19. The van der Waals surface area contributed by atoms with E-state index < -0.39 is 0 Å². The molecule has 0 aromatic heterocycles. The Kier molecular flexibility index (Phi) is 7.06. The van der Waals surface area contributed by atoms with Crippen molar-refractivity contribution < 1.29 is 9.53 Å². The molecule has 0 aliphatic carbocycles. The summed E-state index contributed by atoms with van der Waals surface area (Å²) in [4.78, 5) is 11.1. The van der Waals surface area contributed by atoms with Gasteiger partial charge in [-0.05, 0) is 12.3 Å². The molecule has 0 aromatic rings. The minimum Gasteiger partial charge on any atom is -0.377 e. The highest BCUT2D eigenvalue weighted by molar-refractivity contribution is 5.79. The van der Waals surface area contributed by atoms with Crippen LogP contribution in [0.25, 0.3) is 0 Å². The Morgan fingerprint density at radius 2 is 1.92 bits per heavy atom. The topological polar surface area (TPSA) is 26.3 Å². The summed E-state index contributed by atoms with van der Waals surface area (Å²) in [6, 6.07) is 0. The molecule has 2 nitrogen and oxygen atoms in total. The molecule has 0 unspecified atom stereocenters. The van der Waals surface area contributed by atoms with Crippen molar-refractivity contribution in [2.45, 2.75) is 39.5 Å². The summed E-state index contributed by atoms with van der Waals surface area (Å²) in [6.45, 7) is 4.63. The van der Waals surface area contributed by atoms with Gasteiger partial charge in [0.05, 0.1) is 0 Å². The van der Waals surface area contributed by atoms with E-state index in [1.54, 1.807) is 7.11 Å². The molecule has 0 saturated carbocycles. The van der Waals surface area contributed by atoms with Crippen LogP contribution in [0, 0.1) is 5.92 Å². The van der Waals surface area contributed by atoms with Crippen molar-refractivity contribution in [3.8, 4) is 0 Å². The van der Waals surface area contributed by atoms with Crippen LogP contribution in [0.1, 0.15) is 39.5 Å². The van der Waals surface area contributed by atoms with Crippen molar-refractivity contribution in [2.24, 2.45) is 5.92 Å². The number of hydrogen-bond donors (Lipinski definition) is 0. The maximum Gasteiger partial charge on any atom is 0.158 e. The van der Waals surface area contributed by atoms with Crippen LogP contribution in [-0.2, 0) is 9.53 Å². The van der Waals surface area contributed by atoms with Gasteiger partial charge in [0.1, 0.15) is 6.61 Å². The molecule has 0 bridgehead atoms. The Hall–Kier alpha value is -0.370. The number of carbonyl (C=O) groups is 1. The first-order valence-corrected chi connectivity index (χ1v) is 4.75. The summed E-state index contributed by atoms with van der Waals surface area (Å²) < 4.78 is 4.75. The van der Waals surface area contributed by atoms with E-state index in [9.17, 15) is 4.79 Å². The van der Waals surface area contributed by atoms with Gasteiger partial charge < -0.3 is 4.74 Å². The summed E-state index contributed by atoms with van der Waals surface area (Å²) in [5, 5.41) is 0. The van der Waals surface area contributed by atoms with E-state index in [4.69, 9.17) is 4.74 Å². The van der Waals surface area contributed by atoms with Crippen LogP contribution >= 0.6 is 0 Å². The van der Waals surface area contributed by atoms with Gasteiger partial charge in [0.15, 0.2) is 5.78 Å². The molecule has 0 fully saturated rings. The van der Waals surface area contributed by atoms with Crippen molar-refractivity contribution >= 4 is 5.78 Å². The van der Waals surface area contributed by atoms with E-state index in [1.165, 1.54) is 12.8 Å². The molecule has 0 N–H and O–H groups in total. The van der Waals surface area contributed by atoms with Gasteiger partial charge >= 0.3 is 0 Å². The Bertz CT molecular complexity index is 117. The first-order chi connectivity index (χ1) is 5.74. The van der Waals surface area contributed by atoms with Crippen molar-refractivity contribution in [3.05, 3.63) is 0 Å². The lowest BCUT2D eigenvalue weighted by molar-refractivity contribution is -0.122. The highest BCUT2D eigenvalue weighted by Gasteiger charge is 2.06. The third-order valence-corrected chi connectivity index (χ3v) is 2.29. The van der Waals surface area contributed by atoms with Crippen molar-refractivity contribution in [3.63, 3.8) is 0 Å². The van der Waals surface area contributed by atoms with Gasteiger partial charge in [-0.25, -0.2) is 0 Å². The zero-order valence-corrected chi connectivity index (χ0v) is 8.43. The third kappa shape index (κ3) is 5.30. The second kappa shape index (κ2) is 7.29. The smallest absolute Gasteiger partial charge is 0.158 e. The van der Waals surface area contributed by atoms with E-state index in [0.717, 1.165) is 6.42 Å². The highest BCUT2D eigenvalue weighted by Crippen LogP contribution is 2.14. The maximum atomic E-state index is 11.1. The van der Waals surface area contributed by atoms with Gasteiger partial charge in [0, 0.05) is 13.5 Å². The number of hydrogen-bond acceptors (Lipinski definition) is 2. The van der Waals surface area contributed by atoms with Crippen LogP contribution in [0.5, 0.6) is 0 Å². The largest absolute Gasteiger partial charge is 0.377 e. The van der Waals surface area contributed by atoms with Crippen LogP contribution < -0.4 is 0 Å². The lowest BCUT2D eigenvalue weighted by Gasteiger charge is -2.10. The van der Waals surface area contributed by atoms with Crippen molar-refractivity contribution in [1.29, 1.82) is 0 Å². The molecule has 0 heterocycles. The van der Waals surface area contributed by atoms with Crippen LogP contribution in [0.4, 0.5) is 0 Å². The average Bonchev–Trinajstić information content (AvgIpc) is 2.07. The fourth-order valence-corrected chi connectivity index (χ4v) is 1.30. The molecule has 0 amide bonds. The fraction of sp³-hybridized carbons (Fsp3) is 0.900. The standard InChI is InChI=1S/C10H20O2/c1-4-9(5-2)6-7-10(11)8-12-3/h9H,4-8H2,1-3H3. The van der Waals surface area contributed by atoms with E-state index in [0.29, 0.717) is 12.3 Å². The number of rotatable bonds is 7. The van der Waals surface area contributed by atoms with Crippen LogP contribution in [0.15, 0.2) is 0 Å². The SMILES string of the molecule is CCC(CC)CCC(=O)COC. The fourth-order valence-electron chi connectivity index (χ4n) is 1.30. The molecule has 0 saturated heterocycles. The molecular weight excluding hydrogens is 152 g/mol. The summed E-state index contributed by atoms with van der Waals surface area (Å²) in [5.74, 6) is 0.940. The summed E-state index contributed by atoms with van der Waals surface area (Å²) >= 11 is 0. The summed E-state index contributed by atoms with van der Waals surface area (Å²) in [7, 11) is 1.56. The van der Waals surface area contributed by atoms with Gasteiger partial charge in [-0.1, -0.05) is 26.7 Å². The molecule has 2 heteroatoms. The molecule has 72 valence electrons. The molecule has 0 aliphatic rings. The van der Waals surface area contributed by atoms with Gasteiger partial charge in [0.25, 0.3) is 0 Å². The Labute approximate surface area is 75.3 Å². The quantitative estimate of drug-likeness (QED) is 0.589. The predicted octanol–water partition coefficient (Wildman–Crippen LogP) is 2.42. The zero-order chi connectivity index (χ0) is 9.40. The highest BCUT2D eigenvalue weighted by atomic mass is 16.5. The first kappa shape index (κ1) is 11.6. The molecule has 0 rings (SSSR count). The normalized spacial score (nSPS) is 10.7. The Morgan fingerprint density at radius 1 is 1.33 bits per heavy atom. The van der Waals surface area contributed by atoms with E-state index in [2.05, 4.69) is 13.8 Å². The second-order valence-corrected chi connectivity index (χ2v) is 3.19. The lowest BCUT2D eigenvalue weighted by atomic mass is 9.96. The van der Waals surface area contributed by atoms with Gasteiger partial charge in [-0.3, -0.25) is 4.79 Å². The molecule has 0 aliphatic heterocycles. The summed E-state index contributed by atoms with van der Waals surface area (Å²) in [5.41, 5.74) is 0. The maximum absolute atomic E-state index is 11.1. The monoisotopic (exact) mass is 172 g/mol. The van der Waals surface area contributed by atoms with E-state index in [1.807, 2.05) is 0 Å². The van der Waals surface area contributed by atoms with Crippen LogP contribution in [-0.4, -0.2) is 19.5 Å². The van der Waals surface area contributed by atoms with Gasteiger partial charge in [-0.2, -0.15) is 0 Å². The van der Waals surface area contributed by atoms with Gasteiger partial charge in [-0.15, -0.1) is 0 Å². The van der Waals surface area contributed by atoms with Crippen molar-refractivity contribution in [1.82, 2.24) is 0 Å². The first-order valence-electron chi connectivity index (χ1n) is 4.75. The average molecular weight is 172 g/mol. The molecular formula is C10H20O2. The van der Waals surface area contributed by atoms with E-state index in [-0.39, 0.29) is 12.4 Å². The lowest BCUT2D eigenvalue weighted by Crippen LogP contribution is -2.08. The molecule has 12 heavy (non-hydrogen) atoms. The van der Waals surface area contributed by atoms with Crippen molar-refractivity contribution in [2.75, 3.05) is 13.7 Å². The predicted molar refractivity (Wildman–Crippen MR) is 50.2 cm³/mol. The number of ether oxygens (including phenoxy) is 1. The Morgan fingerprint density at radius 3 is 2.33 bits per heavy atom. The molecule has 0 aromatic carbocycles. The van der Waals surface area contributed by atoms with E-state index >= 15 is 0 Å². The molecule has 0 spiro atoms. The zero-order valence-electron chi connectivity index (χ0n) is 8.43. The number of methoxy groups -OCH3 is 1. The third-order valence-electron chi connectivity index (χ3n) is 2.29. The minimum atomic E-state index is 0.226. The molecule has 0 radical (unpaired) electrons. The van der Waals surface area contributed by atoms with Gasteiger partial charge in [0.2, 0.25) is 0 Å². The van der Waals surface area contributed by atoms with Crippen LogP contribution in [0.3, 0.4) is 0 Å². The molecule has 0 atom stereocenters. The number of ketones is 1. The minimum absolute atomic E-state index is 0.226. The number of carbonyl (C=O) groups excluding carboxylic acids is 1. The number of Topliss-reactive ketones (excluding diaryl/α,β-unsaturated/α-hetero) is 1. The van der Waals surface area contributed by atoms with Crippen LogP contribution in [0.2, 0.25) is 0 Å². The summed E-state index contributed by atoms with van der Waals surface area (Å²) in [6.07, 6.45) is 4.06. The Balaban J connectivity index is 3.44.